The van der Waals surface area contributed by atoms with Gasteiger partial charge < -0.3 is 44.0 Å². The number of thioether (sulfide) groups is 1. The molecule has 0 aromatic rings. The average molecular weight is 533 g/mol. The normalized spacial score (nSPS) is 14.9. The first kappa shape index (κ1) is 32.9. The minimum atomic E-state index is -1.24. The quantitative estimate of drug-likeness (QED) is 0.0526. The maximum Gasteiger partial charge on any atom is 0.326 e. The predicted molar refractivity (Wildman–Crippen MR) is 138 cm³/mol. The summed E-state index contributed by atoms with van der Waals surface area (Å²) in [6.07, 6.45) is 2.56. The van der Waals surface area contributed by atoms with Gasteiger partial charge in [0.25, 0.3) is 0 Å². The molecular formula is C21H40N8O6S. The smallest absolute Gasteiger partial charge is 0.326 e. The molecular weight excluding hydrogens is 492 g/mol. The Kier molecular flexibility index (Phi) is 15.9. The highest BCUT2D eigenvalue weighted by Gasteiger charge is 2.32. The summed E-state index contributed by atoms with van der Waals surface area (Å²) in [5, 5.41) is 17.1. The molecule has 0 heterocycles. The average Bonchev–Trinajstić information content (AvgIpc) is 2.80. The molecule has 12 N–H and O–H groups in total. The molecule has 0 spiro atoms. The number of carboxylic acid groups (broad SMARTS) is 1. The number of nitrogens with one attached hydrogen (secondary N) is 3. The molecule has 0 radical (unpaired) electrons. The second kappa shape index (κ2) is 17.4. The molecule has 36 heavy (non-hydrogen) atoms. The fourth-order valence-electron chi connectivity index (χ4n) is 3.07. The number of aliphatic carboxylic acids is 1. The van der Waals surface area contributed by atoms with Gasteiger partial charge in [-0.2, -0.15) is 11.8 Å². The SMILES string of the molecule is CCC(C)C(NC(=O)C(CCSC)NC(=O)C(N)CC(N)=O)C(=O)NC(CCCN=C(N)N)C(=O)O. The van der Waals surface area contributed by atoms with Gasteiger partial charge in [-0.1, -0.05) is 20.3 Å². The summed E-state index contributed by atoms with van der Waals surface area (Å²) in [5.74, 6) is -4.00. The minimum absolute atomic E-state index is 0.0726. The zero-order valence-electron chi connectivity index (χ0n) is 21.0. The number of rotatable bonds is 18. The van der Waals surface area contributed by atoms with Gasteiger partial charge in [0.1, 0.15) is 18.1 Å². The number of carboxylic acids is 1. The number of amides is 4. The molecule has 0 aromatic heterocycles. The van der Waals surface area contributed by atoms with Crippen molar-refractivity contribution in [2.45, 2.75) is 70.1 Å². The number of primary amides is 1. The number of nitrogens with two attached hydrogens (primary N) is 4. The molecule has 0 aliphatic heterocycles. The molecule has 0 bridgehead atoms. The molecule has 0 saturated heterocycles. The Morgan fingerprint density at radius 1 is 0.944 bits per heavy atom. The van der Waals surface area contributed by atoms with Gasteiger partial charge in [-0.3, -0.25) is 24.2 Å². The lowest BCUT2D eigenvalue weighted by atomic mass is 9.97. The maximum absolute atomic E-state index is 13.1. The van der Waals surface area contributed by atoms with E-state index >= 15 is 0 Å². The maximum atomic E-state index is 13.1. The van der Waals surface area contributed by atoms with Crippen molar-refractivity contribution in [1.29, 1.82) is 0 Å². The van der Waals surface area contributed by atoms with Crippen LogP contribution in [-0.4, -0.2) is 83.4 Å². The Bertz CT molecular complexity index is 792. The Morgan fingerprint density at radius 2 is 1.56 bits per heavy atom. The van der Waals surface area contributed by atoms with Gasteiger partial charge in [-0.05, 0) is 37.2 Å². The third-order valence-corrected chi connectivity index (χ3v) is 6.00. The van der Waals surface area contributed by atoms with E-state index in [1.165, 1.54) is 11.8 Å². The van der Waals surface area contributed by atoms with Crippen LogP contribution in [0.2, 0.25) is 0 Å². The number of nitrogens with zero attached hydrogens (tertiary/aromatic N) is 1. The molecule has 0 rings (SSSR count). The molecule has 0 saturated carbocycles. The van der Waals surface area contributed by atoms with Crippen molar-refractivity contribution in [3.63, 3.8) is 0 Å². The molecule has 0 aliphatic carbocycles. The van der Waals surface area contributed by atoms with Crippen molar-refractivity contribution in [1.82, 2.24) is 16.0 Å². The summed E-state index contributed by atoms with van der Waals surface area (Å²) in [7, 11) is 0. The lowest BCUT2D eigenvalue weighted by molar-refractivity contribution is -0.142. The summed E-state index contributed by atoms with van der Waals surface area (Å²) in [4.78, 5) is 64.9. The third kappa shape index (κ3) is 13.1. The highest BCUT2D eigenvalue weighted by molar-refractivity contribution is 7.98. The van der Waals surface area contributed by atoms with E-state index in [1.54, 1.807) is 6.92 Å². The largest absolute Gasteiger partial charge is 0.480 e. The molecule has 5 unspecified atom stereocenters. The molecule has 0 aliphatic rings. The van der Waals surface area contributed by atoms with Crippen LogP contribution in [0.25, 0.3) is 0 Å². The van der Waals surface area contributed by atoms with E-state index in [4.69, 9.17) is 22.9 Å². The summed E-state index contributed by atoms with van der Waals surface area (Å²) in [6, 6.07) is -4.53. The van der Waals surface area contributed by atoms with Gasteiger partial charge in [0.15, 0.2) is 5.96 Å². The molecule has 0 fully saturated rings. The van der Waals surface area contributed by atoms with Crippen LogP contribution < -0.4 is 38.9 Å². The Labute approximate surface area is 215 Å². The van der Waals surface area contributed by atoms with Crippen molar-refractivity contribution >= 4 is 47.3 Å². The standard InChI is InChI=1S/C21H40N8O6S/c1-4-11(2)16(19(33)28-14(20(34)35)6-5-8-26-21(24)25)29-18(32)13(7-9-36-3)27-17(31)12(22)10-15(23)30/h11-14,16H,4-10,22H2,1-3H3,(H2,23,30)(H,27,31)(H,28,33)(H,29,32)(H,34,35)(H4,24,25,26). The molecule has 5 atom stereocenters. The van der Waals surface area contributed by atoms with Crippen LogP contribution in [-0.2, 0) is 24.0 Å². The Morgan fingerprint density at radius 3 is 2.06 bits per heavy atom. The molecule has 4 amide bonds. The molecule has 14 nitrogen and oxygen atoms in total. The highest BCUT2D eigenvalue weighted by Crippen LogP contribution is 2.11. The van der Waals surface area contributed by atoms with E-state index in [1.807, 2.05) is 13.2 Å². The number of hydrogen-bond acceptors (Lipinski definition) is 8. The lowest BCUT2D eigenvalue weighted by Gasteiger charge is -2.28. The molecule has 15 heteroatoms. The van der Waals surface area contributed by atoms with Gasteiger partial charge in [0, 0.05) is 6.54 Å². The fourth-order valence-corrected chi connectivity index (χ4v) is 3.54. The zero-order chi connectivity index (χ0) is 27.8. The second-order valence-corrected chi connectivity index (χ2v) is 9.33. The van der Waals surface area contributed by atoms with E-state index in [2.05, 4.69) is 20.9 Å². The lowest BCUT2D eigenvalue weighted by Crippen LogP contribution is -2.58. The zero-order valence-corrected chi connectivity index (χ0v) is 21.8. The number of hydrogen-bond donors (Lipinski definition) is 8. The first-order valence-electron chi connectivity index (χ1n) is 11.6. The summed E-state index contributed by atoms with van der Waals surface area (Å²) >= 11 is 1.45. The Balaban J connectivity index is 5.48. The third-order valence-electron chi connectivity index (χ3n) is 5.35. The summed E-state index contributed by atoms with van der Waals surface area (Å²) < 4.78 is 0. The highest BCUT2D eigenvalue weighted by atomic mass is 32.2. The predicted octanol–water partition coefficient (Wildman–Crippen LogP) is -2.42. The number of guanidine groups is 1. The van der Waals surface area contributed by atoms with Crippen LogP contribution >= 0.6 is 11.8 Å². The van der Waals surface area contributed by atoms with Crippen LogP contribution in [0.4, 0.5) is 0 Å². The van der Waals surface area contributed by atoms with Gasteiger partial charge in [0.05, 0.1) is 12.5 Å². The van der Waals surface area contributed by atoms with Crippen LogP contribution in [0.3, 0.4) is 0 Å². The van der Waals surface area contributed by atoms with Crippen molar-refractivity contribution in [3.05, 3.63) is 0 Å². The van der Waals surface area contributed by atoms with E-state index in [0.717, 1.165) is 0 Å². The number of carbonyl (C=O) groups is 5. The van der Waals surface area contributed by atoms with Crippen molar-refractivity contribution in [3.8, 4) is 0 Å². The second-order valence-electron chi connectivity index (χ2n) is 8.34. The molecule has 0 aromatic carbocycles. The Hall–Kier alpha value is -3.07. The van der Waals surface area contributed by atoms with Crippen molar-refractivity contribution in [2.24, 2.45) is 33.8 Å². The van der Waals surface area contributed by atoms with Gasteiger partial charge in [-0.25, -0.2) is 4.79 Å². The van der Waals surface area contributed by atoms with Crippen LogP contribution in [0, 0.1) is 5.92 Å². The van der Waals surface area contributed by atoms with Gasteiger partial charge >= 0.3 is 5.97 Å². The van der Waals surface area contributed by atoms with Crippen molar-refractivity contribution in [2.75, 3.05) is 18.6 Å². The van der Waals surface area contributed by atoms with Gasteiger partial charge in [0.2, 0.25) is 23.6 Å². The van der Waals surface area contributed by atoms with Gasteiger partial charge in [-0.15, -0.1) is 0 Å². The van der Waals surface area contributed by atoms with E-state index < -0.39 is 53.8 Å². The van der Waals surface area contributed by atoms with Crippen LogP contribution in [0.15, 0.2) is 4.99 Å². The topological polar surface area (TPSA) is 258 Å². The fraction of sp³-hybridized carbons (Fsp3) is 0.714. The van der Waals surface area contributed by atoms with E-state index in [9.17, 15) is 29.1 Å². The monoisotopic (exact) mass is 532 g/mol. The first-order chi connectivity index (χ1) is 16.8. The number of carbonyl (C=O) groups excluding carboxylic acids is 4. The minimum Gasteiger partial charge on any atom is -0.480 e. The van der Waals surface area contributed by atoms with Crippen LogP contribution in [0.1, 0.15) is 46.0 Å². The van der Waals surface area contributed by atoms with Crippen molar-refractivity contribution < 1.29 is 29.1 Å². The summed E-state index contributed by atoms with van der Waals surface area (Å²) in [5.41, 5.74) is 21.3. The number of aliphatic imine (C=N–C) groups is 1. The summed E-state index contributed by atoms with van der Waals surface area (Å²) in [6.45, 7) is 3.75. The van der Waals surface area contributed by atoms with E-state index in [0.29, 0.717) is 18.6 Å². The van der Waals surface area contributed by atoms with Crippen LogP contribution in [0.5, 0.6) is 0 Å². The molecule has 206 valence electrons. The first-order valence-corrected chi connectivity index (χ1v) is 12.9. The van der Waals surface area contributed by atoms with E-state index in [-0.39, 0.29) is 37.7 Å².